The number of carbonyl (C=O) groups is 1. The highest BCUT2D eigenvalue weighted by atomic mass is 16.5. The summed E-state index contributed by atoms with van der Waals surface area (Å²) in [5.41, 5.74) is 2.86. The van der Waals surface area contributed by atoms with Crippen molar-refractivity contribution in [3.63, 3.8) is 0 Å². The lowest BCUT2D eigenvalue weighted by molar-refractivity contribution is 0.0202. The van der Waals surface area contributed by atoms with Gasteiger partial charge in [0.1, 0.15) is 17.1 Å². The summed E-state index contributed by atoms with van der Waals surface area (Å²) in [6, 6.07) is 22.4. The average Bonchev–Trinajstić information content (AvgIpc) is 3.27. The highest BCUT2D eigenvalue weighted by Gasteiger charge is 2.33. The molecule has 7 heteroatoms. The second-order valence-electron chi connectivity index (χ2n) is 8.32. The Morgan fingerprint density at radius 3 is 2.43 bits per heavy atom. The van der Waals surface area contributed by atoms with Crippen LogP contribution >= 0.6 is 0 Å². The van der Waals surface area contributed by atoms with E-state index in [0.717, 1.165) is 10.9 Å². The highest BCUT2D eigenvalue weighted by Crippen LogP contribution is 2.44. The Morgan fingerprint density at radius 1 is 0.943 bits per heavy atom. The van der Waals surface area contributed by atoms with Gasteiger partial charge in [0.15, 0.2) is 5.76 Å². The standard InChI is InChI=1S/C28H28N2O5/c1-32-20-12-13-22(24(18-20)33-2)26(30-14-16-34-17-15-30)27-25(21-10-6-7-11-23(21)35-27)29-28(31)19-8-4-3-5-9-19/h3-13,18,26H,14-17H2,1-2H3,(H,29,31)/t26-/m1/s1. The molecule has 1 aliphatic rings. The van der Waals surface area contributed by atoms with Crippen LogP contribution in [0.1, 0.15) is 27.7 Å². The number of hydrogen-bond acceptors (Lipinski definition) is 6. The summed E-state index contributed by atoms with van der Waals surface area (Å²) in [5.74, 6) is 1.84. The third-order valence-electron chi connectivity index (χ3n) is 6.29. The van der Waals surface area contributed by atoms with Gasteiger partial charge in [-0.15, -0.1) is 0 Å². The van der Waals surface area contributed by atoms with Crippen LogP contribution < -0.4 is 14.8 Å². The summed E-state index contributed by atoms with van der Waals surface area (Å²) in [6.45, 7) is 2.65. The van der Waals surface area contributed by atoms with Gasteiger partial charge in [0, 0.05) is 35.7 Å². The van der Waals surface area contributed by atoms with E-state index in [2.05, 4.69) is 10.2 Å². The molecular formula is C28H28N2O5. The first-order valence-corrected chi connectivity index (χ1v) is 11.6. The van der Waals surface area contributed by atoms with Crippen molar-refractivity contribution in [2.75, 3.05) is 45.8 Å². The summed E-state index contributed by atoms with van der Waals surface area (Å²) in [7, 11) is 3.27. The maximum absolute atomic E-state index is 13.2. The maximum Gasteiger partial charge on any atom is 0.255 e. The number of nitrogens with zero attached hydrogens (tertiary/aromatic N) is 1. The van der Waals surface area contributed by atoms with Crippen LogP contribution in [0.4, 0.5) is 5.69 Å². The number of hydrogen-bond donors (Lipinski definition) is 1. The Morgan fingerprint density at radius 2 is 1.69 bits per heavy atom. The van der Waals surface area contributed by atoms with Gasteiger partial charge in [0.05, 0.1) is 39.2 Å². The van der Waals surface area contributed by atoms with E-state index in [1.54, 1.807) is 26.4 Å². The van der Waals surface area contributed by atoms with Gasteiger partial charge in [0.2, 0.25) is 0 Å². The lowest BCUT2D eigenvalue weighted by Gasteiger charge is -2.34. The Hall–Kier alpha value is -3.81. The topological polar surface area (TPSA) is 73.2 Å². The number of ether oxygens (including phenoxy) is 3. The van der Waals surface area contributed by atoms with E-state index in [0.29, 0.717) is 60.4 Å². The van der Waals surface area contributed by atoms with Crippen molar-refractivity contribution >= 4 is 22.6 Å². The van der Waals surface area contributed by atoms with Gasteiger partial charge in [-0.25, -0.2) is 0 Å². The van der Waals surface area contributed by atoms with Crippen LogP contribution in [0, 0.1) is 0 Å². The van der Waals surface area contributed by atoms with Crippen LogP contribution in [-0.4, -0.2) is 51.3 Å². The first kappa shape index (κ1) is 23.0. The predicted molar refractivity (Wildman–Crippen MR) is 134 cm³/mol. The minimum atomic E-state index is -0.307. The molecule has 1 aliphatic heterocycles. The zero-order chi connectivity index (χ0) is 24.2. The summed E-state index contributed by atoms with van der Waals surface area (Å²) in [5, 5.41) is 3.99. The molecule has 1 amide bonds. The summed E-state index contributed by atoms with van der Waals surface area (Å²) in [4.78, 5) is 15.5. The molecule has 4 aromatic rings. The van der Waals surface area contributed by atoms with Gasteiger partial charge < -0.3 is 23.9 Å². The minimum Gasteiger partial charge on any atom is -0.497 e. The number of carbonyl (C=O) groups excluding carboxylic acids is 1. The number of nitrogens with one attached hydrogen (secondary N) is 1. The highest BCUT2D eigenvalue weighted by molar-refractivity contribution is 6.09. The average molecular weight is 473 g/mol. The number of amides is 1. The van der Waals surface area contributed by atoms with E-state index in [9.17, 15) is 4.79 Å². The molecule has 1 N–H and O–H groups in total. The zero-order valence-corrected chi connectivity index (χ0v) is 19.8. The number of rotatable bonds is 7. The van der Waals surface area contributed by atoms with Gasteiger partial charge in [-0.2, -0.15) is 0 Å². The maximum atomic E-state index is 13.2. The van der Waals surface area contributed by atoms with E-state index >= 15 is 0 Å². The van der Waals surface area contributed by atoms with Gasteiger partial charge >= 0.3 is 0 Å². The fraction of sp³-hybridized carbons (Fsp3) is 0.250. The van der Waals surface area contributed by atoms with Gasteiger partial charge in [-0.1, -0.05) is 30.3 Å². The number of morpholine rings is 1. The smallest absolute Gasteiger partial charge is 0.255 e. The molecule has 1 aromatic heterocycles. The SMILES string of the molecule is COc1ccc([C@H](c2oc3ccccc3c2NC(=O)c2ccccc2)N2CCOCC2)c(OC)c1. The molecule has 180 valence electrons. The van der Waals surface area contributed by atoms with Gasteiger partial charge in [-0.3, -0.25) is 9.69 Å². The molecule has 3 aromatic carbocycles. The first-order chi connectivity index (χ1) is 17.2. The Bertz CT molecular complexity index is 1310. The van der Waals surface area contributed by atoms with Crippen molar-refractivity contribution in [1.29, 1.82) is 0 Å². The molecule has 1 fully saturated rings. The molecule has 5 rings (SSSR count). The first-order valence-electron chi connectivity index (χ1n) is 11.6. The number of methoxy groups -OCH3 is 2. The van der Waals surface area contributed by atoms with Gasteiger partial charge in [0.25, 0.3) is 5.91 Å². The second-order valence-corrected chi connectivity index (χ2v) is 8.32. The third kappa shape index (κ3) is 4.60. The number of anilines is 1. The van der Waals surface area contributed by atoms with Gasteiger partial charge in [-0.05, 0) is 36.4 Å². The lowest BCUT2D eigenvalue weighted by atomic mass is 9.98. The third-order valence-corrected chi connectivity index (χ3v) is 6.29. The fourth-order valence-electron chi connectivity index (χ4n) is 4.54. The van der Waals surface area contributed by atoms with Crippen molar-refractivity contribution in [2.45, 2.75) is 6.04 Å². The molecule has 2 heterocycles. The number of para-hydroxylation sites is 1. The predicted octanol–water partition coefficient (Wildman–Crippen LogP) is 5.12. The van der Waals surface area contributed by atoms with Crippen molar-refractivity contribution in [1.82, 2.24) is 4.90 Å². The fourth-order valence-corrected chi connectivity index (χ4v) is 4.54. The molecular weight excluding hydrogens is 444 g/mol. The van der Waals surface area contributed by atoms with E-state index in [4.69, 9.17) is 18.6 Å². The quantitative estimate of drug-likeness (QED) is 0.402. The van der Waals surface area contributed by atoms with Crippen molar-refractivity contribution in [2.24, 2.45) is 0 Å². The molecule has 1 saturated heterocycles. The monoisotopic (exact) mass is 472 g/mol. The molecule has 35 heavy (non-hydrogen) atoms. The summed E-state index contributed by atoms with van der Waals surface area (Å²) >= 11 is 0. The number of benzene rings is 3. The van der Waals surface area contributed by atoms with Crippen molar-refractivity contribution in [3.05, 3.63) is 89.7 Å². The Balaban J connectivity index is 1.67. The van der Waals surface area contributed by atoms with Crippen LogP contribution in [0.3, 0.4) is 0 Å². The molecule has 0 saturated carbocycles. The second kappa shape index (κ2) is 10.2. The van der Waals surface area contributed by atoms with Crippen LogP contribution in [0.15, 0.2) is 77.2 Å². The Kier molecular flexibility index (Phi) is 6.70. The van der Waals surface area contributed by atoms with E-state index in [1.807, 2.05) is 60.7 Å². The molecule has 0 spiro atoms. The molecule has 0 bridgehead atoms. The van der Waals surface area contributed by atoms with Crippen LogP contribution in [-0.2, 0) is 4.74 Å². The van der Waals surface area contributed by atoms with E-state index in [-0.39, 0.29) is 11.9 Å². The molecule has 0 radical (unpaired) electrons. The Labute approximate surface area is 204 Å². The van der Waals surface area contributed by atoms with E-state index in [1.165, 1.54) is 0 Å². The van der Waals surface area contributed by atoms with Crippen LogP contribution in [0.25, 0.3) is 11.0 Å². The normalized spacial score (nSPS) is 15.0. The number of fused-ring (bicyclic) bond motifs is 1. The molecule has 0 unspecified atom stereocenters. The number of furan rings is 1. The lowest BCUT2D eigenvalue weighted by Crippen LogP contribution is -2.39. The molecule has 1 atom stereocenters. The van der Waals surface area contributed by atoms with Crippen LogP contribution in [0.2, 0.25) is 0 Å². The van der Waals surface area contributed by atoms with Crippen molar-refractivity contribution in [3.8, 4) is 11.5 Å². The molecule has 7 nitrogen and oxygen atoms in total. The molecule has 0 aliphatic carbocycles. The minimum absolute atomic E-state index is 0.194. The summed E-state index contributed by atoms with van der Waals surface area (Å²) < 4.78 is 23.3. The van der Waals surface area contributed by atoms with Crippen LogP contribution in [0.5, 0.6) is 11.5 Å². The zero-order valence-electron chi connectivity index (χ0n) is 19.8. The van der Waals surface area contributed by atoms with Crippen molar-refractivity contribution < 1.29 is 23.4 Å². The largest absolute Gasteiger partial charge is 0.497 e. The summed E-state index contributed by atoms with van der Waals surface area (Å²) in [6.07, 6.45) is 0. The van der Waals surface area contributed by atoms with E-state index < -0.39 is 0 Å².